The standard InChI is InChI=1S/C8H10S.Na/c1-2-7-5-3-4-6-8(7)9;/h3-6,9H,2H2,1H3;. The van der Waals surface area contributed by atoms with Gasteiger partial charge in [-0.3, -0.25) is 0 Å². The van der Waals surface area contributed by atoms with Crippen molar-refractivity contribution in [1.29, 1.82) is 0 Å². The van der Waals surface area contributed by atoms with Gasteiger partial charge in [0.15, 0.2) is 0 Å². The smallest absolute Gasteiger partial charge is 0.00719 e. The Labute approximate surface area is 89.7 Å². The molecule has 2 heteroatoms. The Hall–Kier alpha value is 0.570. The van der Waals surface area contributed by atoms with Crippen LogP contribution in [0.4, 0.5) is 0 Å². The van der Waals surface area contributed by atoms with Gasteiger partial charge < -0.3 is 0 Å². The van der Waals surface area contributed by atoms with Crippen LogP contribution in [0.5, 0.6) is 0 Å². The van der Waals surface area contributed by atoms with Gasteiger partial charge in [0.25, 0.3) is 0 Å². The van der Waals surface area contributed by atoms with Crippen molar-refractivity contribution in [2.24, 2.45) is 0 Å². The zero-order valence-corrected chi connectivity index (χ0v) is 9.36. The van der Waals surface area contributed by atoms with Crippen molar-refractivity contribution in [2.45, 2.75) is 18.2 Å². The maximum atomic E-state index is 4.28. The van der Waals surface area contributed by atoms with Crippen LogP contribution >= 0.6 is 12.6 Å². The molecule has 0 aliphatic carbocycles. The van der Waals surface area contributed by atoms with Gasteiger partial charge in [-0.05, 0) is 18.1 Å². The van der Waals surface area contributed by atoms with E-state index in [4.69, 9.17) is 0 Å². The van der Waals surface area contributed by atoms with Gasteiger partial charge in [0.2, 0.25) is 0 Å². The number of aryl methyl sites for hydroxylation is 1. The Morgan fingerprint density at radius 3 is 2.30 bits per heavy atom. The predicted octanol–water partition coefficient (Wildman–Crippen LogP) is 2.16. The monoisotopic (exact) mass is 161 g/mol. The first-order valence-electron chi connectivity index (χ1n) is 3.11. The molecule has 0 N–H and O–H groups in total. The summed E-state index contributed by atoms with van der Waals surface area (Å²) < 4.78 is 0. The molecule has 0 aromatic heterocycles. The molecule has 0 bridgehead atoms. The summed E-state index contributed by atoms with van der Waals surface area (Å²) >= 11 is 4.28. The van der Waals surface area contributed by atoms with Gasteiger partial charge in [-0.15, -0.1) is 12.6 Å². The minimum atomic E-state index is 0. The Balaban J connectivity index is 0.000000810. The Morgan fingerprint density at radius 1 is 1.30 bits per heavy atom. The van der Waals surface area contributed by atoms with Crippen LogP contribution in [0.1, 0.15) is 12.5 Å². The van der Waals surface area contributed by atoms with E-state index in [2.05, 4.69) is 25.6 Å². The number of hydrogen-bond donors (Lipinski definition) is 1. The van der Waals surface area contributed by atoms with Gasteiger partial charge in [-0.25, -0.2) is 0 Å². The zero-order valence-electron chi connectivity index (χ0n) is 6.46. The first kappa shape index (κ1) is 10.6. The molecule has 1 radical (unpaired) electrons. The van der Waals surface area contributed by atoms with Crippen LogP contribution < -0.4 is 0 Å². The third kappa shape index (κ3) is 2.67. The van der Waals surface area contributed by atoms with Crippen LogP contribution in [-0.4, -0.2) is 29.6 Å². The van der Waals surface area contributed by atoms with E-state index in [0.29, 0.717) is 0 Å². The Bertz CT molecular complexity index is 198. The molecule has 0 unspecified atom stereocenters. The summed E-state index contributed by atoms with van der Waals surface area (Å²) in [5.74, 6) is 0. The van der Waals surface area contributed by atoms with E-state index in [1.54, 1.807) is 0 Å². The quantitative estimate of drug-likeness (QED) is 0.473. The van der Waals surface area contributed by atoms with Gasteiger partial charge in [0, 0.05) is 34.5 Å². The summed E-state index contributed by atoms with van der Waals surface area (Å²) in [6, 6.07) is 8.16. The summed E-state index contributed by atoms with van der Waals surface area (Å²) in [6.45, 7) is 2.13. The van der Waals surface area contributed by atoms with E-state index in [-0.39, 0.29) is 29.6 Å². The molecule has 0 atom stereocenters. The molecule has 0 heterocycles. The van der Waals surface area contributed by atoms with Crippen LogP contribution in [0.2, 0.25) is 0 Å². The van der Waals surface area contributed by atoms with Crippen LogP contribution in [0.3, 0.4) is 0 Å². The van der Waals surface area contributed by atoms with Gasteiger partial charge in [0.05, 0.1) is 0 Å². The van der Waals surface area contributed by atoms with E-state index >= 15 is 0 Å². The van der Waals surface area contributed by atoms with Crippen molar-refractivity contribution in [3.05, 3.63) is 29.8 Å². The molecule has 1 aromatic carbocycles. The number of hydrogen-bond acceptors (Lipinski definition) is 1. The van der Waals surface area contributed by atoms with Crippen LogP contribution in [0.25, 0.3) is 0 Å². The SMILES string of the molecule is CCc1ccccc1S.[Na]. The summed E-state index contributed by atoms with van der Waals surface area (Å²) in [4.78, 5) is 1.10. The van der Waals surface area contributed by atoms with Crippen molar-refractivity contribution in [3.8, 4) is 0 Å². The molecule has 0 aliphatic heterocycles. The average molecular weight is 161 g/mol. The van der Waals surface area contributed by atoms with E-state index in [9.17, 15) is 0 Å². The summed E-state index contributed by atoms with van der Waals surface area (Å²) in [5.41, 5.74) is 1.32. The minimum Gasteiger partial charge on any atom is -0.143 e. The van der Waals surface area contributed by atoms with Crippen molar-refractivity contribution in [1.82, 2.24) is 0 Å². The molecule has 49 valence electrons. The first-order valence-corrected chi connectivity index (χ1v) is 3.56. The molecule has 1 rings (SSSR count). The fourth-order valence-corrected chi connectivity index (χ4v) is 1.13. The van der Waals surface area contributed by atoms with E-state index < -0.39 is 0 Å². The van der Waals surface area contributed by atoms with Crippen molar-refractivity contribution in [3.63, 3.8) is 0 Å². The zero-order chi connectivity index (χ0) is 6.69. The van der Waals surface area contributed by atoms with E-state index in [0.717, 1.165) is 11.3 Å². The topological polar surface area (TPSA) is 0 Å². The third-order valence-corrected chi connectivity index (χ3v) is 1.81. The third-order valence-electron chi connectivity index (χ3n) is 1.37. The van der Waals surface area contributed by atoms with Gasteiger partial charge in [0.1, 0.15) is 0 Å². The van der Waals surface area contributed by atoms with Crippen LogP contribution in [0.15, 0.2) is 29.2 Å². The van der Waals surface area contributed by atoms with Crippen molar-refractivity contribution in [2.75, 3.05) is 0 Å². The average Bonchev–Trinajstić information content (AvgIpc) is 1.89. The van der Waals surface area contributed by atoms with Gasteiger partial charge >= 0.3 is 0 Å². The molecule has 0 saturated carbocycles. The van der Waals surface area contributed by atoms with Crippen LogP contribution in [-0.2, 0) is 6.42 Å². The molecule has 0 spiro atoms. The molecule has 0 aliphatic rings. The van der Waals surface area contributed by atoms with E-state index in [1.807, 2.05) is 18.2 Å². The molecule has 1 aromatic rings. The number of thiol groups is 1. The molecular formula is C8H10NaS. The fraction of sp³-hybridized carbons (Fsp3) is 0.250. The van der Waals surface area contributed by atoms with Crippen molar-refractivity contribution >= 4 is 42.2 Å². The van der Waals surface area contributed by atoms with Gasteiger partial charge in [-0.1, -0.05) is 25.1 Å². The Morgan fingerprint density at radius 2 is 1.90 bits per heavy atom. The summed E-state index contributed by atoms with van der Waals surface area (Å²) in [5, 5.41) is 0. The normalized spacial score (nSPS) is 8.60. The Kier molecular flexibility index (Phi) is 5.55. The van der Waals surface area contributed by atoms with Gasteiger partial charge in [-0.2, -0.15) is 0 Å². The molecule has 0 nitrogen and oxygen atoms in total. The maximum absolute atomic E-state index is 4.28. The van der Waals surface area contributed by atoms with E-state index in [1.165, 1.54) is 5.56 Å². The molecule has 0 fully saturated rings. The fourth-order valence-electron chi connectivity index (χ4n) is 0.810. The molecular weight excluding hydrogens is 151 g/mol. The molecule has 0 saturated heterocycles. The largest absolute Gasteiger partial charge is 0.143 e. The molecule has 0 amide bonds. The minimum absolute atomic E-state index is 0. The second-order valence-electron chi connectivity index (χ2n) is 1.98. The molecule has 10 heavy (non-hydrogen) atoms. The first-order chi connectivity index (χ1) is 4.34. The maximum Gasteiger partial charge on any atom is 0.00719 e. The second kappa shape index (κ2) is 5.25. The predicted molar refractivity (Wildman–Crippen MR) is 48.8 cm³/mol. The number of rotatable bonds is 1. The number of benzene rings is 1. The van der Waals surface area contributed by atoms with Crippen molar-refractivity contribution < 1.29 is 0 Å². The second-order valence-corrected chi connectivity index (χ2v) is 2.46. The van der Waals surface area contributed by atoms with Crippen LogP contribution in [0, 0.1) is 0 Å². The summed E-state index contributed by atoms with van der Waals surface area (Å²) in [7, 11) is 0. The summed E-state index contributed by atoms with van der Waals surface area (Å²) in [6.07, 6.45) is 1.07.